The Labute approximate surface area is 538 Å². The molecular formula is C59H85IN10O21. The molecule has 6 unspecified atom stereocenters. The molecule has 91 heavy (non-hydrogen) atoms. The first kappa shape index (κ1) is 77.0. The van der Waals surface area contributed by atoms with Crippen molar-refractivity contribution in [2.45, 2.75) is 152 Å². The van der Waals surface area contributed by atoms with Crippen molar-refractivity contribution in [3.05, 3.63) is 63.2 Å². The molecule has 0 bridgehead atoms. The zero-order valence-corrected chi connectivity index (χ0v) is 52.6. The third-order valence-corrected chi connectivity index (χ3v) is 15.6. The highest BCUT2D eigenvalue weighted by Crippen LogP contribution is 2.22. The van der Waals surface area contributed by atoms with E-state index < -0.39 is 121 Å². The number of carbonyl (C=O) groups excluding carboxylic acids is 6. The van der Waals surface area contributed by atoms with Crippen molar-refractivity contribution in [3.8, 4) is 5.75 Å². The Balaban J connectivity index is 1.51. The number of aromatic hydroxyl groups is 1. The van der Waals surface area contributed by atoms with Crippen LogP contribution in [0.3, 0.4) is 0 Å². The number of aliphatic carboxylic acids is 7. The van der Waals surface area contributed by atoms with E-state index >= 15 is 0 Å². The molecular weight excluding hydrogens is 1310 g/mol. The number of carbonyl (C=O) groups is 13. The van der Waals surface area contributed by atoms with Gasteiger partial charge in [-0.2, -0.15) is 0 Å². The largest absolute Gasteiger partial charge is 0.507 e. The van der Waals surface area contributed by atoms with Crippen molar-refractivity contribution < 1.29 is 103 Å². The predicted octanol–water partition coefficient (Wildman–Crippen LogP) is 0.627. The maximum Gasteiger partial charge on any atom is 0.326 e. The first-order chi connectivity index (χ1) is 43.2. The molecule has 0 saturated carbocycles. The van der Waals surface area contributed by atoms with E-state index in [2.05, 4.69) is 37.2 Å². The number of amides is 7. The number of carboxylic acid groups (broad SMARTS) is 7. The molecule has 1 fully saturated rings. The van der Waals surface area contributed by atoms with Crippen LogP contribution >= 0.6 is 22.6 Å². The summed E-state index contributed by atoms with van der Waals surface area (Å²) in [4.78, 5) is 166. The van der Waals surface area contributed by atoms with Gasteiger partial charge >= 0.3 is 47.8 Å². The molecule has 32 heteroatoms. The minimum absolute atomic E-state index is 0.0254. The first-order valence-corrected chi connectivity index (χ1v) is 31.1. The van der Waals surface area contributed by atoms with Crippen LogP contribution in [0, 0.1) is 3.57 Å². The van der Waals surface area contributed by atoms with Gasteiger partial charge in [0.2, 0.25) is 29.5 Å². The fourth-order valence-electron chi connectivity index (χ4n) is 9.79. The second-order valence-electron chi connectivity index (χ2n) is 22.0. The van der Waals surface area contributed by atoms with Crippen LogP contribution in [0.15, 0.2) is 48.5 Å². The highest BCUT2D eigenvalue weighted by molar-refractivity contribution is 14.1. The summed E-state index contributed by atoms with van der Waals surface area (Å²) >= 11 is 1.88. The van der Waals surface area contributed by atoms with Gasteiger partial charge < -0.3 is 78.1 Å². The third kappa shape index (κ3) is 32.4. The quantitative estimate of drug-likeness (QED) is 0.0320. The zero-order valence-electron chi connectivity index (χ0n) is 50.5. The number of benzene rings is 2. The van der Waals surface area contributed by atoms with E-state index in [0.29, 0.717) is 53.2 Å². The number of unbranched alkanes of at least 4 members (excludes halogenated alkanes) is 5. The number of urea groups is 1. The minimum atomic E-state index is -1.54. The Morgan fingerprint density at radius 1 is 0.429 bits per heavy atom. The third-order valence-electron chi connectivity index (χ3n) is 14.8. The van der Waals surface area contributed by atoms with Gasteiger partial charge in [-0.05, 0) is 110 Å². The minimum Gasteiger partial charge on any atom is -0.507 e. The number of nitrogens with zero attached hydrogens (tertiary/aromatic N) is 3. The van der Waals surface area contributed by atoms with Crippen LogP contribution in [-0.2, 0) is 70.4 Å². The standard InChI is InChI=1S/C59H85IN10O21/c60-39-32-38(18-21-46(39)71)34-43(63-49(74)22-20-45(58(89)90)70-30-28-68(35-51(77)78)26-27-69(29-31-70)36-52(79)80)53(81)65-44(33-37-12-4-3-5-13-37)54(82)64-40(55(83)84)14-8-10-24-61-47(72)16-6-1-2-7-17-48(73)62-25-11-9-15-41(56(85)86)66-59(91)67-42(57(87)88)19-23-50(75)76/h3-5,12-13,18,21,32,40-45,71H,1-2,6-11,14-17,19-20,22-31,33-36H2,(H,61,72)(H,62,73)(H,63,74)(H,64,82)(H,65,81)(H,75,76)(H,77,78)(H,79,80)(H,83,84)(H,85,86)(H,87,88)(H,89,90)(H2,66,67,91). The number of hydrogen-bond donors (Lipinski definition) is 15. The van der Waals surface area contributed by atoms with Crippen LogP contribution in [0.2, 0.25) is 0 Å². The van der Waals surface area contributed by atoms with E-state index in [-0.39, 0.29) is 141 Å². The van der Waals surface area contributed by atoms with Crippen molar-refractivity contribution in [2.75, 3.05) is 65.4 Å². The Morgan fingerprint density at radius 2 is 0.890 bits per heavy atom. The van der Waals surface area contributed by atoms with Gasteiger partial charge in [0.05, 0.1) is 16.7 Å². The van der Waals surface area contributed by atoms with E-state index in [0.717, 1.165) is 0 Å². The van der Waals surface area contributed by atoms with Gasteiger partial charge in [-0.25, -0.2) is 19.2 Å². The highest BCUT2D eigenvalue weighted by atomic mass is 127. The molecule has 1 aliphatic rings. The molecule has 1 aliphatic heterocycles. The SMILES string of the molecule is O=C(O)CCC(NC(=O)NC(CCCCNC(=O)CCCCCCC(=O)NCCCCC(NC(=O)C(Cc1ccccc1)NC(=O)C(Cc1ccc(O)c(I)c1)NC(=O)CCC(C(=O)O)N1CCN(CC(=O)O)CCN(CC(=O)O)CC1)C(=O)O)C(=O)O)C(=O)O. The number of rotatable bonds is 43. The molecule has 2 aromatic rings. The molecule has 0 aliphatic carbocycles. The lowest BCUT2D eigenvalue weighted by atomic mass is 10.0. The molecule has 1 heterocycles. The summed E-state index contributed by atoms with van der Waals surface area (Å²) in [5.41, 5.74) is 1.08. The van der Waals surface area contributed by atoms with Crippen molar-refractivity contribution in [2.24, 2.45) is 0 Å². The number of carboxylic acids is 7. The van der Waals surface area contributed by atoms with E-state index in [1.165, 1.54) is 12.1 Å². The van der Waals surface area contributed by atoms with Crippen LogP contribution in [0.25, 0.3) is 0 Å². The lowest BCUT2D eigenvalue weighted by Gasteiger charge is -2.30. The van der Waals surface area contributed by atoms with E-state index in [4.69, 9.17) is 5.11 Å². The van der Waals surface area contributed by atoms with Gasteiger partial charge in [0, 0.05) is 90.9 Å². The first-order valence-electron chi connectivity index (χ1n) is 30.0. The summed E-state index contributed by atoms with van der Waals surface area (Å²) in [6.07, 6.45) is 2.09. The molecule has 7 amide bonds. The Hall–Kier alpha value is -8.24. The summed E-state index contributed by atoms with van der Waals surface area (Å²) in [6.45, 7) is 0.560. The molecule has 6 atom stereocenters. The van der Waals surface area contributed by atoms with Crippen LogP contribution in [0.4, 0.5) is 4.79 Å². The second kappa shape index (κ2) is 41.9. The van der Waals surface area contributed by atoms with Gasteiger partial charge in [-0.15, -0.1) is 0 Å². The number of nitrogens with one attached hydrogen (secondary N) is 7. The van der Waals surface area contributed by atoms with E-state index in [1.54, 1.807) is 51.1 Å². The van der Waals surface area contributed by atoms with E-state index in [9.17, 15) is 98.1 Å². The van der Waals surface area contributed by atoms with Crippen molar-refractivity contribution in [1.29, 1.82) is 0 Å². The molecule has 504 valence electrons. The summed E-state index contributed by atoms with van der Waals surface area (Å²) < 4.78 is 0.424. The fraction of sp³-hybridized carbons (Fsp3) is 0.576. The van der Waals surface area contributed by atoms with Crippen molar-refractivity contribution in [3.63, 3.8) is 0 Å². The number of phenolic OH excluding ortho intramolecular Hbond substituents is 1. The van der Waals surface area contributed by atoms with Crippen LogP contribution < -0.4 is 37.2 Å². The van der Waals surface area contributed by atoms with Gasteiger partial charge in [0.15, 0.2) is 0 Å². The van der Waals surface area contributed by atoms with Gasteiger partial charge in [0.25, 0.3) is 0 Å². The fourth-order valence-corrected chi connectivity index (χ4v) is 10.4. The number of phenols is 1. The average Bonchev–Trinajstić information content (AvgIpc) is 1.66. The van der Waals surface area contributed by atoms with Gasteiger partial charge in [-0.3, -0.25) is 57.9 Å². The molecule has 0 radical (unpaired) electrons. The maximum atomic E-state index is 14.4. The van der Waals surface area contributed by atoms with Crippen molar-refractivity contribution >= 4 is 99.9 Å². The predicted molar refractivity (Wildman–Crippen MR) is 331 cm³/mol. The molecule has 1 saturated heterocycles. The molecule has 0 spiro atoms. The maximum absolute atomic E-state index is 14.4. The van der Waals surface area contributed by atoms with Gasteiger partial charge in [0.1, 0.15) is 42.0 Å². The molecule has 31 nitrogen and oxygen atoms in total. The van der Waals surface area contributed by atoms with Crippen LogP contribution in [0.5, 0.6) is 5.75 Å². The lowest BCUT2D eigenvalue weighted by Crippen LogP contribution is -2.57. The monoisotopic (exact) mass is 1400 g/mol. The normalized spacial score (nSPS) is 15.0. The molecule has 0 aromatic heterocycles. The Morgan fingerprint density at radius 3 is 1.36 bits per heavy atom. The molecule has 15 N–H and O–H groups in total. The van der Waals surface area contributed by atoms with Gasteiger partial charge in [-0.1, -0.05) is 49.2 Å². The number of hydrogen-bond acceptors (Lipinski definition) is 17. The smallest absolute Gasteiger partial charge is 0.326 e. The summed E-state index contributed by atoms with van der Waals surface area (Å²) in [5, 5.41) is 94.9. The average molecular weight is 1400 g/mol. The topological polar surface area (TPSA) is 478 Å². The summed E-state index contributed by atoms with van der Waals surface area (Å²) in [7, 11) is 0. The van der Waals surface area contributed by atoms with Crippen molar-refractivity contribution in [1.82, 2.24) is 51.9 Å². The molecule has 3 rings (SSSR count). The number of halogens is 1. The molecule has 2 aromatic carbocycles. The van der Waals surface area contributed by atoms with Crippen LogP contribution in [-0.4, -0.2) is 235 Å². The lowest BCUT2D eigenvalue weighted by molar-refractivity contribution is -0.145. The summed E-state index contributed by atoms with van der Waals surface area (Å²) in [5.74, 6) is -12.0. The Bertz CT molecular complexity index is 2750. The zero-order chi connectivity index (χ0) is 67.4. The van der Waals surface area contributed by atoms with Crippen LogP contribution in [0.1, 0.15) is 114 Å². The summed E-state index contributed by atoms with van der Waals surface area (Å²) in [6, 6.07) is 3.57. The Kier molecular flexibility index (Phi) is 35.5. The van der Waals surface area contributed by atoms with E-state index in [1.807, 2.05) is 22.6 Å². The second-order valence-corrected chi connectivity index (χ2v) is 23.1. The highest BCUT2D eigenvalue weighted by Gasteiger charge is 2.33.